The van der Waals surface area contributed by atoms with Gasteiger partial charge in [-0.15, -0.1) is 0 Å². The van der Waals surface area contributed by atoms with E-state index in [0.29, 0.717) is 17.0 Å². The van der Waals surface area contributed by atoms with Gasteiger partial charge >= 0.3 is 0 Å². The summed E-state index contributed by atoms with van der Waals surface area (Å²) in [6, 6.07) is 4.90. The van der Waals surface area contributed by atoms with E-state index in [4.69, 9.17) is 10.5 Å². The van der Waals surface area contributed by atoms with Crippen LogP contribution in [0.5, 0.6) is 5.75 Å². The van der Waals surface area contributed by atoms with Gasteiger partial charge in [-0.3, -0.25) is 4.79 Å². The summed E-state index contributed by atoms with van der Waals surface area (Å²) in [5.41, 5.74) is 6.60. The third-order valence-corrected chi connectivity index (χ3v) is 3.58. The van der Waals surface area contributed by atoms with Crippen molar-refractivity contribution in [1.29, 1.82) is 0 Å². The van der Waals surface area contributed by atoms with E-state index in [1.54, 1.807) is 18.2 Å². The van der Waals surface area contributed by atoms with Crippen molar-refractivity contribution in [3.05, 3.63) is 23.8 Å². The molecular formula is C14H20N2O3. The van der Waals surface area contributed by atoms with Gasteiger partial charge in [-0.1, -0.05) is 18.9 Å². The van der Waals surface area contributed by atoms with Crippen molar-refractivity contribution in [3.63, 3.8) is 0 Å². The molecule has 2 rings (SSSR count). The predicted octanol–water partition coefficient (Wildman–Crippen LogP) is 1.31. The molecule has 4 N–H and O–H groups in total. The van der Waals surface area contributed by atoms with E-state index in [1.165, 1.54) is 7.11 Å². The number of benzene rings is 1. The minimum Gasteiger partial charge on any atom is -0.495 e. The summed E-state index contributed by atoms with van der Waals surface area (Å²) in [5, 5.41) is 12.7. The molecule has 2 atom stereocenters. The highest BCUT2D eigenvalue weighted by Crippen LogP contribution is 2.25. The maximum atomic E-state index is 12.2. The highest BCUT2D eigenvalue weighted by atomic mass is 16.5. The molecule has 0 spiro atoms. The van der Waals surface area contributed by atoms with E-state index in [9.17, 15) is 9.90 Å². The zero-order valence-corrected chi connectivity index (χ0v) is 11.1. The highest BCUT2D eigenvalue weighted by Gasteiger charge is 2.25. The van der Waals surface area contributed by atoms with Gasteiger partial charge in [-0.2, -0.15) is 0 Å². The highest BCUT2D eigenvalue weighted by molar-refractivity contribution is 6.00. The van der Waals surface area contributed by atoms with E-state index in [-0.39, 0.29) is 11.9 Å². The number of hydrogen-bond acceptors (Lipinski definition) is 4. The lowest BCUT2D eigenvalue weighted by molar-refractivity contribution is 0.0717. The summed E-state index contributed by atoms with van der Waals surface area (Å²) in [6.07, 6.45) is 3.10. The molecule has 19 heavy (non-hydrogen) atoms. The molecule has 0 aromatic heterocycles. The zero-order valence-electron chi connectivity index (χ0n) is 11.1. The van der Waals surface area contributed by atoms with Gasteiger partial charge in [0.1, 0.15) is 5.75 Å². The number of carbonyl (C=O) groups is 1. The molecule has 1 fully saturated rings. The zero-order chi connectivity index (χ0) is 13.8. The fourth-order valence-corrected chi connectivity index (χ4v) is 2.45. The van der Waals surface area contributed by atoms with Crippen LogP contribution < -0.4 is 15.8 Å². The number of para-hydroxylation sites is 1. The average Bonchev–Trinajstić information content (AvgIpc) is 2.41. The van der Waals surface area contributed by atoms with Crippen molar-refractivity contribution in [2.75, 3.05) is 12.8 Å². The van der Waals surface area contributed by atoms with E-state index in [1.807, 2.05) is 0 Å². The van der Waals surface area contributed by atoms with Gasteiger partial charge in [-0.05, 0) is 25.0 Å². The number of methoxy groups -OCH3 is 1. The largest absolute Gasteiger partial charge is 0.495 e. The minimum atomic E-state index is -0.468. The Morgan fingerprint density at radius 3 is 2.84 bits per heavy atom. The number of hydrogen-bond donors (Lipinski definition) is 3. The first kappa shape index (κ1) is 13.7. The fourth-order valence-electron chi connectivity index (χ4n) is 2.45. The van der Waals surface area contributed by atoms with E-state index < -0.39 is 6.10 Å². The quantitative estimate of drug-likeness (QED) is 0.719. The molecule has 1 amide bonds. The minimum absolute atomic E-state index is 0.188. The van der Waals surface area contributed by atoms with Gasteiger partial charge in [0.15, 0.2) is 0 Å². The van der Waals surface area contributed by atoms with Gasteiger partial charge in [0.25, 0.3) is 5.91 Å². The molecule has 1 aromatic rings. The Morgan fingerprint density at radius 1 is 1.42 bits per heavy atom. The van der Waals surface area contributed by atoms with Crippen LogP contribution in [0.3, 0.4) is 0 Å². The Hall–Kier alpha value is -1.75. The normalized spacial score (nSPS) is 22.8. The lowest BCUT2D eigenvalue weighted by atomic mass is 9.92. The number of aliphatic hydroxyl groups excluding tert-OH is 1. The van der Waals surface area contributed by atoms with Crippen molar-refractivity contribution in [2.45, 2.75) is 37.8 Å². The number of ether oxygens (including phenoxy) is 1. The fraction of sp³-hybridized carbons (Fsp3) is 0.500. The predicted molar refractivity (Wildman–Crippen MR) is 73.1 cm³/mol. The third-order valence-electron chi connectivity index (χ3n) is 3.58. The van der Waals surface area contributed by atoms with Gasteiger partial charge in [0, 0.05) is 0 Å². The number of nitrogens with one attached hydrogen (secondary N) is 1. The molecule has 104 valence electrons. The molecule has 0 radical (unpaired) electrons. The average molecular weight is 264 g/mol. The molecular weight excluding hydrogens is 244 g/mol. The lowest BCUT2D eigenvalue weighted by Gasteiger charge is -2.28. The number of anilines is 1. The van der Waals surface area contributed by atoms with E-state index in [0.717, 1.165) is 25.7 Å². The monoisotopic (exact) mass is 264 g/mol. The Balaban J connectivity index is 2.11. The van der Waals surface area contributed by atoms with E-state index in [2.05, 4.69) is 5.32 Å². The molecule has 5 heteroatoms. The number of carbonyl (C=O) groups excluding carboxylic acids is 1. The summed E-state index contributed by atoms with van der Waals surface area (Å²) in [6.45, 7) is 0. The SMILES string of the molecule is COc1cccc(C(=O)N[C@@H]2CCCC[C@H]2O)c1N. The molecule has 0 saturated heterocycles. The van der Waals surface area contributed by atoms with Crippen LogP contribution in [0.2, 0.25) is 0 Å². The molecule has 0 aliphatic heterocycles. The Bertz CT molecular complexity index is 462. The second-order valence-corrected chi connectivity index (χ2v) is 4.85. The summed E-state index contributed by atoms with van der Waals surface area (Å²) < 4.78 is 5.09. The second kappa shape index (κ2) is 5.93. The van der Waals surface area contributed by atoms with Crippen molar-refractivity contribution in [1.82, 2.24) is 5.32 Å². The van der Waals surface area contributed by atoms with Crippen LogP contribution in [0, 0.1) is 0 Å². The van der Waals surface area contributed by atoms with Gasteiger partial charge in [0.05, 0.1) is 30.5 Å². The smallest absolute Gasteiger partial charge is 0.253 e. The Kier molecular flexibility index (Phi) is 4.27. The van der Waals surface area contributed by atoms with Crippen LogP contribution in [-0.4, -0.2) is 30.3 Å². The second-order valence-electron chi connectivity index (χ2n) is 4.85. The van der Waals surface area contributed by atoms with Gasteiger partial charge < -0.3 is 20.9 Å². The molecule has 1 aliphatic rings. The number of nitrogen functional groups attached to an aromatic ring is 1. The first-order chi connectivity index (χ1) is 9.13. The van der Waals surface area contributed by atoms with Crippen LogP contribution in [0.15, 0.2) is 18.2 Å². The van der Waals surface area contributed by atoms with Crippen LogP contribution in [0.1, 0.15) is 36.0 Å². The standard InChI is InChI=1S/C14H20N2O3/c1-19-12-8-4-5-9(13(12)15)14(18)16-10-6-2-3-7-11(10)17/h4-5,8,10-11,17H,2-3,6-7,15H2,1H3,(H,16,18)/t10-,11-/m1/s1. The van der Waals surface area contributed by atoms with Crippen LogP contribution in [-0.2, 0) is 0 Å². The molecule has 0 unspecified atom stereocenters. The van der Waals surface area contributed by atoms with Crippen molar-refractivity contribution in [2.24, 2.45) is 0 Å². The summed E-state index contributed by atoms with van der Waals surface area (Å²) >= 11 is 0. The molecule has 1 aromatic carbocycles. The van der Waals surface area contributed by atoms with Crippen LogP contribution >= 0.6 is 0 Å². The van der Waals surface area contributed by atoms with E-state index >= 15 is 0 Å². The van der Waals surface area contributed by atoms with Gasteiger partial charge in [-0.25, -0.2) is 0 Å². The molecule has 0 bridgehead atoms. The lowest BCUT2D eigenvalue weighted by Crippen LogP contribution is -2.45. The summed E-state index contributed by atoms with van der Waals surface area (Å²) in [7, 11) is 1.51. The molecule has 1 saturated carbocycles. The van der Waals surface area contributed by atoms with Crippen molar-refractivity contribution < 1.29 is 14.6 Å². The molecule has 5 nitrogen and oxygen atoms in total. The van der Waals surface area contributed by atoms with Crippen LogP contribution in [0.25, 0.3) is 0 Å². The topological polar surface area (TPSA) is 84.6 Å². The summed E-state index contributed by atoms with van der Waals surface area (Å²) in [5.74, 6) is 0.221. The Morgan fingerprint density at radius 2 is 2.16 bits per heavy atom. The first-order valence-electron chi connectivity index (χ1n) is 6.55. The number of nitrogens with two attached hydrogens (primary N) is 1. The molecule has 0 heterocycles. The number of aliphatic hydroxyl groups is 1. The Labute approximate surface area is 112 Å². The van der Waals surface area contributed by atoms with Crippen LogP contribution in [0.4, 0.5) is 5.69 Å². The van der Waals surface area contributed by atoms with Gasteiger partial charge in [0.2, 0.25) is 0 Å². The maximum absolute atomic E-state index is 12.2. The number of amides is 1. The van der Waals surface area contributed by atoms with Crippen molar-refractivity contribution in [3.8, 4) is 5.75 Å². The van der Waals surface area contributed by atoms with Crippen molar-refractivity contribution >= 4 is 11.6 Å². The molecule has 1 aliphatic carbocycles. The maximum Gasteiger partial charge on any atom is 0.253 e. The first-order valence-corrected chi connectivity index (χ1v) is 6.55. The summed E-state index contributed by atoms with van der Waals surface area (Å²) in [4.78, 5) is 12.2. The third kappa shape index (κ3) is 2.98. The number of rotatable bonds is 3.